The zero-order valence-corrected chi connectivity index (χ0v) is 10.4. The molecule has 1 heterocycles. The lowest BCUT2D eigenvalue weighted by molar-refractivity contribution is -0.0130. The fraction of sp³-hybridized carbons (Fsp3) is 0.538. The summed E-state index contributed by atoms with van der Waals surface area (Å²) in [6.45, 7) is 1.41. The first kappa shape index (κ1) is 12.9. The highest BCUT2D eigenvalue weighted by atomic mass is 19.3. The van der Waals surface area contributed by atoms with E-state index in [1.54, 1.807) is 0 Å². The topological polar surface area (TPSA) is 39.2 Å². The normalized spacial score (nSPS) is 15.6. The monoisotopic (exact) mass is 255 g/mol. The van der Waals surface area contributed by atoms with E-state index in [0.29, 0.717) is 11.3 Å². The number of carbonyl (C=O) groups excluding carboxylic acids is 1. The van der Waals surface area contributed by atoms with Gasteiger partial charge < -0.3 is 4.74 Å². The quantitative estimate of drug-likeness (QED) is 0.775. The molecule has 1 fully saturated rings. The van der Waals surface area contributed by atoms with Crippen LogP contribution < -0.4 is 0 Å². The lowest BCUT2D eigenvalue weighted by Gasteiger charge is -2.15. The summed E-state index contributed by atoms with van der Waals surface area (Å²) >= 11 is 0. The maximum absolute atomic E-state index is 13.6. The molecule has 0 amide bonds. The van der Waals surface area contributed by atoms with Crippen LogP contribution in [0.4, 0.5) is 8.78 Å². The van der Waals surface area contributed by atoms with Crippen LogP contribution in [0.3, 0.4) is 0 Å². The summed E-state index contributed by atoms with van der Waals surface area (Å²) in [5.41, 5.74) is 0.489. The van der Waals surface area contributed by atoms with Gasteiger partial charge in [-0.3, -0.25) is 4.98 Å². The lowest BCUT2D eigenvalue weighted by atomic mass is 10.1. The van der Waals surface area contributed by atoms with Crippen LogP contribution in [-0.4, -0.2) is 18.1 Å². The summed E-state index contributed by atoms with van der Waals surface area (Å²) in [5.74, 6) is -3.35. The van der Waals surface area contributed by atoms with Gasteiger partial charge in [0.05, 0.1) is 18.4 Å². The Kier molecular flexibility index (Phi) is 3.32. The van der Waals surface area contributed by atoms with Crippen molar-refractivity contribution < 1.29 is 18.3 Å². The van der Waals surface area contributed by atoms with Crippen LogP contribution in [0.1, 0.15) is 53.8 Å². The minimum Gasteiger partial charge on any atom is -0.465 e. The molecule has 0 spiro atoms. The van der Waals surface area contributed by atoms with E-state index in [4.69, 9.17) is 0 Å². The summed E-state index contributed by atoms with van der Waals surface area (Å²) < 4.78 is 31.8. The molecule has 1 aromatic rings. The first-order valence-electron chi connectivity index (χ1n) is 5.97. The van der Waals surface area contributed by atoms with E-state index in [1.807, 2.05) is 0 Å². The third-order valence-electron chi connectivity index (χ3n) is 3.11. The highest BCUT2D eigenvalue weighted by Crippen LogP contribution is 2.42. The maximum Gasteiger partial charge on any atom is 0.339 e. The highest BCUT2D eigenvalue weighted by Gasteiger charge is 2.35. The van der Waals surface area contributed by atoms with Crippen molar-refractivity contribution in [2.45, 2.75) is 38.0 Å². The fourth-order valence-electron chi connectivity index (χ4n) is 1.81. The van der Waals surface area contributed by atoms with Gasteiger partial charge in [0.2, 0.25) is 0 Å². The molecule has 0 aromatic carbocycles. The zero-order valence-electron chi connectivity index (χ0n) is 10.4. The molecule has 0 unspecified atom stereocenters. The second-order valence-electron chi connectivity index (χ2n) is 4.45. The fourth-order valence-corrected chi connectivity index (χ4v) is 1.81. The predicted octanol–water partition coefficient (Wildman–Crippen LogP) is 3.25. The van der Waals surface area contributed by atoms with Gasteiger partial charge in [-0.2, -0.15) is 8.78 Å². The third kappa shape index (κ3) is 2.35. The van der Waals surface area contributed by atoms with Crippen molar-refractivity contribution >= 4 is 5.97 Å². The van der Waals surface area contributed by atoms with Crippen molar-refractivity contribution in [1.82, 2.24) is 4.98 Å². The minimum atomic E-state index is -2.95. The van der Waals surface area contributed by atoms with Crippen LogP contribution in [0.2, 0.25) is 0 Å². The molecule has 0 radical (unpaired) electrons. The summed E-state index contributed by atoms with van der Waals surface area (Å²) in [6, 6.07) is 2.60. The summed E-state index contributed by atoms with van der Waals surface area (Å²) in [4.78, 5) is 15.5. The smallest absolute Gasteiger partial charge is 0.339 e. The van der Waals surface area contributed by atoms with Crippen LogP contribution in [0, 0.1) is 0 Å². The minimum absolute atomic E-state index is 0.117. The van der Waals surface area contributed by atoms with Crippen LogP contribution >= 0.6 is 0 Å². The van der Waals surface area contributed by atoms with Crippen LogP contribution in [-0.2, 0) is 10.7 Å². The van der Waals surface area contributed by atoms with Gasteiger partial charge in [0.25, 0.3) is 5.92 Å². The Bertz CT molecular complexity index is 470. The van der Waals surface area contributed by atoms with E-state index in [0.717, 1.165) is 12.8 Å². The molecule has 18 heavy (non-hydrogen) atoms. The molecule has 5 heteroatoms. The molecule has 1 aromatic heterocycles. The van der Waals surface area contributed by atoms with Crippen LogP contribution in [0.5, 0.6) is 0 Å². The number of nitrogens with zero attached hydrogens (tertiary/aromatic N) is 1. The van der Waals surface area contributed by atoms with Crippen LogP contribution in [0.15, 0.2) is 12.1 Å². The zero-order chi connectivity index (χ0) is 13.3. The molecule has 0 atom stereocenters. The Balaban J connectivity index is 2.44. The van der Waals surface area contributed by atoms with E-state index >= 15 is 0 Å². The van der Waals surface area contributed by atoms with E-state index < -0.39 is 11.9 Å². The van der Waals surface area contributed by atoms with E-state index in [9.17, 15) is 13.6 Å². The number of halogens is 2. The Morgan fingerprint density at radius 3 is 2.67 bits per heavy atom. The van der Waals surface area contributed by atoms with Gasteiger partial charge in [0.1, 0.15) is 5.69 Å². The van der Waals surface area contributed by atoms with Crippen LogP contribution in [0.25, 0.3) is 0 Å². The van der Waals surface area contributed by atoms with Crippen molar-refractivity contribution in [3.05, 3.63) is 29.1 Å². The van der Waals surface area contributed by atoms with Crippen molar-refractivity contribution in [3.63, 3.8) is 0 Å². The van der Waals surface area contributed by atoms with Crippen molar-refractivity contribution in [2.24, 2.45) is 0 Å². The Morgan fingerprint density at radius 2 is 2.17 bits per heavy atom. The molecule has 0 N–H and O–H groups in total. The average Bonchev–Trinajstić information content (AvgIpc) is 3.21. The molecule has 98 valence electrons. The highest BCUT2D eigenvalue weighted by molar-refractivity contribution is 5.90. The van der Waals surface area contributed by atoms with Crippen molar-refractivity contribution in [1.29, 1.82) is 0 Å². The first-order valence-corrected chi connectivity index (χ1v) is 5.97. The second-order valence-corrected chi connectivity index (χ2v) is 4.45. The van der Waals surface area contributed by atoms with E-state index in [-0.39, 0.29) is 18.0 Å². The average molecular weight is 255 g/mol. The summed E-state index contributed by atoms with van der Waals surface area (Å²) in [7, 11) is 1.27. The number of hydrogen-bond donors (Lipinski definition) is 0. The number of alkyl halides is 2. The van der Waals surface area contributed by atoms with Crippen molar-refractivity contribution in [2.75, 3.05) is 7.11 Å². The number of ether oxygens (including phenoxy) is 1. The molecule has 3 nitrogen and oxygen atoms in total. The Labute approximate surface area is 104 Å². The molecule has 0 bridgehead atoms. The molecule has 1 aliphatic carbocycles. The number of rotatable bonds is 4. The number of pyridine rings is 1. The summed E-state index contributed by atoms with van der Waals surface area (Å²) in [6.07, 6.45) is 1.47. The first-order chi connectivity index (χ1) is 8.49. The summed E-state index contributed by atoms with van der Waals surface area (Å²) in [5, 5.41) is 0. The number of hydrogen-bond acceptors (Lipinski definition) is 3. The second kappa shape index (κ2) is 4.63. The molecule has 1 aliphatic rings. The van der Waals surface area contributed by atoms with Gasteiger partial charge in [-0.1, -0.05) is 6.92 Å². The Morgan fingerprint density at radius 1 is 1.50 bits per heavy atom. The molecular formula is C13H15F2NO2. The van der Waals surface area contributed by atoms with Gasteiger partial charge in [-0.05, 0) is 25.0 Å². The standard InChI is InChI=1S/C13H15F2NO2/c1-3-13(14,15)10-7-6-9(12(17)18-2)11(16-10)8-4-5-8/h6-8H,3-5H2,1-2H3. The van der Waals surface area contributed by atoms with Crippen molar-refractivity contribution in [3.8, 4) is 0 Å². The largest absolute Gasteiger partial charge is 0.465 e. The SMILES string of the molecule is CCC(F)(F)c1ccc(C(=O)OC)c(C2CC2)n1. The molecule has 1 saturated carbocycles. The molecular weight excluding hydrogens is 240 g/mol. The number of aromatic nitrogens is 1. The van der Waals surface area contributed by atoms with Gasteiger partial charge in [0, 0.05) is 12.3 Å². The molecule has 2 rings (SSSR count). The third-order valence-corrected chi connectivity index (χ3v) is 3.11. The number of methoxy groups -OCH3 is 1. The number of esters is 1. The maximum atomic E-state index is 13.6. The number of carbonyl (C=O) groups is 1. The van der Waals surface area contributed by atoms with Gasteiger partial charge in [-0.25, -0.2) is 4.79 Å². The van der Waals surface area contributed by atoms with Gasteiger partial charge >= 0.3 is 5.97 Å². The predicted molar refractivity (Wildman–Crippen MR) is 61.7 cm³/mol. The molecule has 0 aliphatic heterocycles. The lowest BCUT2D eigenvalue weighted by Crippen LogP contribution is -2.17. The molecule has 0 saturated heterocycles. The van der Waals surface area contributed by atoms with Gasteiger partial charge in [0.15, 0.2) is 0 Å². The van der Waals surface area contributed by atoms with E-state index in [2.05, 4.69) is 9.72 Å². The van der Waals surface area contributed by atoms with Gasteiger partial charge in [-0.15, -0.1) is 0 Å². The Hall–Kier alpha value is -1.52. The van der Waals surface area contributed by atoms with E-state index in [1.165, 1.54) is 26.2 Å².